The lowest BCUT2D eigenvalue weighted by Crippen LogP contribution is -2.29. The first kappa shape index (κ1) is 27.4. The van der Waals surface area contributed by atoms with Crippen LogP contribution in [0.4, 0.5) is 0 Å². The van der Waals surface area contributed by atoms with Crippen molar-refractivity contribution in [3.63, 3.8) is 0 Å². The molecule has 0 amide bonds. The first-order valence-electron chi connectivity index (χ1n) is 14.1. The molecule has 1 aliphatic carbocycles. The van der Waals surface area contributed by atoms with Crippen molar-refractivity contribution < 1.29 is 24.1 Å². The van der Waals surface area contributed by atoms with Crippen molar-refractivity contribution in [1.29, 1.82) is 0 Å². The van der Waals surface area contributed by atoms with Crippen molar-refractivity contribution in [2.45, 2.75) is 19.3 Å². The molecule has 1 heterocycles. The third-order valence-corrected chi connectivity index (χ3v) is 7.51. The van der Waals surface area contributed by atoms with Crippen LogP contribution in [0.25, 0.3) is 22.3 Å². The van der Waals surface area contributed by atoms with Crippen LogP contribution in [0.2, 0.25) is 0 Å². The summed E-state index contributed by atoms with van der Waals surface area (Å²) in [5, 5.41) is 9.21. The number of carbonyl (C=O) groups is 1. The SMILES string of the molecule is CC(C)C(=O)OCCOc1ccc(C2(c3ccc(OCCO)cc3)c3ccccc3-c3nc4ccccc4nc32)cc1. The number of rotatable bonds is 10. The number of nitrogens with zero attached hydrogens (tertiary/aromatic N) is 2. The molecule has 42 heavy (non-hydrogen) atoms. The van der Waals surface area contributed by atoms with Gasteiger partial charge in [0.2, 0.25) is 0 Å². The average molecular weight is 561 g/mol. The Labute approximate surface area is 244 Å². The molecule has 1 unspecified atom stereocenters. The van der Waals surface area contributed by atoms with E-state index >= 15 is 0 Å². The Hall–Kier alpha value is -4.75. The molecule has 0 radical (unpaired) electrons. The van der Waals surface area contributed by atoms with Crippen LogP contribution >= 0.6 is 0 Å². The third kappa shape index (κ3) is 4.86. The molecule has 6 rings (SSSR count). The summed E-state index contributed by atoms with van der Waals surface area (Å²) in [6.45, 7) is 4.24. The Morgan fingerprint density at radius 1 is 0.738 bits per heavy atom. The summed E-state index contributed by atoms with van der Waals surface area (Å²) < 4.78 is 16.8. The molecule has 0 bridgehead atoms. The molecule has 1 aromatic heterocycles. The minimum atomic E-state index is -0.746. The van der Waals surface area contributed by atoms with Gasteiger partial charge in [-0.15, -0.1) is 0 Å². The van der Waals surface area contributed by atoms with Crippen LogP contribution in [0.1, 0.15) is 36.2 Å². The largest absolute Gasteiger partial charge is 0.491 e. The van der Waals surface area contributed by atoms with Gasteiger partial charge < -0.3 is 19.3 Å². The summed E-state index contributed by atoms with van der Waals surface area (Å²) in [4.78, 5) is 22.1. The predicted octanol–water partition coefficient (Wildman–Crippen LogP) is 5.94. The van der Waals surface area contributed by atoms with Crippen LogP contribution in [0.15, 0.2) is 97.1 Å². The maximum atomic E-state index is 11.8. The minimum absolute atomic E-state index is 0.0519. The number of benzene rings is 4. The van der Waals surface area contributed by atoms with E-state index in [9.17, 15) is 9.90 Å². The molecule has 0 spiro atoms. The summed E-state index contributed by atoms with van der Waals surface area (Å²) in [5.74, 6) is 0.948. The number of hydrogen-bond donors (Lipinski definition) is 1. The number of hydrogen-bond acceptors (Lipinski definition) is 7. The quantitative estimate of drug-likeness (QED) is 0.164. The molecule has 7 nitrogen and oxygen atoms in total. The molecular weight excluding hydrogens is 528 g/mol. The Morgan fingerprint density at radius 2 is 1.31 bits per heavy atom. The van der Waals surface area contributed by atoms with Gasteiger partial charge >= 0.3 is 5.97 Å². The summed E-state index contributed by atoms with van der Waals surface area (Å²) >= 11 is 0. The van der Waals surface area contributed by atoms with E-state index in [-0.39, 0.29) is 38.3 Å². The topological polar surface area (TPSA) is 90.8 Å². The van der Waals surface area contributed by atoms with Crippen molar-refractivity contribution in [3.05, 3.63) is 119 Å². The van der Waals surface area contributed by atoms with Gasteiger partial charge in [-0.3, -0.25) is 4.79 Å². The van der Waals surface area contributed by atoms with Gasteiger partial charge in [0.15, 0.2) is 0 Å². The minimum Gasteiger partial charge on any atom is -0.491 e. The third-order valence-electron chi connectivity index (χ3n) is 7.51. The standard InChI is InChI=1S/C35H32N2O5/c1-23(2)34(39)42-22-21-41-27-17-13-25(14-18-27)35(24-11-15-26(16-12-24)40-20-19-38)29-8-4-3-7-28(29)32-33(35)37-31-10-6-5-9-30(31)36-32/h3-18,23,38H,19-22H2,1-2H3. The second-order valence-corrected chi connectivity index (χ2v) is 10.5. The normalized spacial score (nSPS) is 15.3. The van der Waals surface area contributed by atoms with Gasteiger partial charge in [0.05, 0.1) is 40.4 Å². The number of ether oxygens (including phenoxy) is 3. The van der Waals surface area contributed by atoms with Gasteiger partial charge in [-0.05, 0) is 53.1 Å². The van der Waals surface area contributed by atoms with Crippen LogP contribution in [0.3, 0.4) is 0 Å². The highest BCUT2D eigenvalue weighted by Gasteiger charge is 2.48. The number of fused-ring (bicyclic) bond motifs is 4. The van der Waals surface area contributed by atoms with Crippen molar-refractivity contribution in [2.24, 2.45) is 5.92 Å². The zero-order valence-corrected chi connectivity index (χ0v) is 23.6. The Morgan fingerprint density at radius 3 is 1.93 bits per heavy atom. The fraction of sp³-hybridized carbons (Fsp3) is 0.229. The highest BCUT2D eigenvalue weighted by atomic mass is 16.6. The molecule has 0 saturated heterocycles. The van der Waals surface area contributed by atoms with E-state index in [1.54, 1.807) is 13.8 Å². The fourth-order valence-corrected chi connectivity index (χ4v) is 5.58. The molecule has 0 saturated carbocycles. The van der Waals surface area contributed by atoms with E-state index in [0.29, 0.717) is 11.5 Å². The molecule has 1 aliphatic rings. The molecule has 0 aliphatic heterocycles. The van der Waals surface area contributed by atoms with Gasteiger partial charge in [0.1, 0.15) is 31.3 Å². The maximum absolute atomic E-state index is 11.8. The summed E-state index contributed by atoms with van der Waals surface area (Å²) in [6.07, 6.45) is 0. The van der Waals surface area contributed by atoms with Crippen LogP contribution in [0.5, 0.6) is 11.5 Å². The van der Waals surface area contributed by atoms with Crippen LogP contribution < -0.4 is 9.47 Å². The molecule has 4 aromatic carbocycles. The molecule has 1 N–H and O–H groups in total. The Balaban J connectivity index is 1.46. The predicted molar refractivity (Wildman–Crippen MR) is 161 cm³/mol. The van der Waals surface area contributed by atoms with Crippen molar-refractivity contribution in [1.82, 2.24) is 9.97 Å². The number of esters is 1. The number of aliphatic hydroxyl groups is 1. The van der Waals surface area contributed by atoms with Crippen LogP contribution in [-0.4, -0.2) is 47.5 Å². The van der Waals surface area contributed by atoms with Gasteiger partial charge in [-0.2, -0.15) is 0 Å². The monoisotopic (exact) mass is 560 g/mol. The molecule has 1 atom stereocenters. The number of para-hydroxylation sites is 2. The molecule has 7 heteroatoms. The van der Waals surface area contributed by atoms with E-state index in [0.717, 1.165) is 44.7 Å². The number of aromatic nitrogens is 2. The first-order valence-corrected chi connectivity index (χ1v) is 14.1. The van der Waals surface area contributed by atoms with E-state index < -0.39 is 5.41 Å². The van der Waals surface area contributed by atoms with Gasteiger partial charge in [0, 0.05) is 5.56 Å². The molecular formula is C35H32N2O5. The zero-order chi connectivity index (χ0) is 29.1. The fourth-order valence-electron chi connectivity index (χ4n) is 5.58. The van der Waals surface area contributed by atoms with E-state index in [1.165, 1.54) is 0 Å². The average Bonchev–Trinajstić information content (AvgIpc) is 3.31. The van der Waals surface area contributed by atoms with Crippen molar-refractivity contribution in [3.8, 4) is 22.8 Å². The highest BCUT2D eigenvalue weighted by molar-refractivity contribution is 5.87. The smallest absolute Gasteiger partial charge is 0.308 e. The van der Waals surface area contributed by atoms with E-state index in [4.69, 9.17) is 24.2 Å². The van der Waals surface area contributed by atoms with E-state index in [2.05, 4.69) is 36.4 Å². The van der Waals surface area contributed by atoms with Crippen molar-refractivity contribution >= 4 is 17.0 Å². The molecule has 0 fully saturated rings. The number of aliphatic hydroxyl groups excluding tert-OH is 1. The van der Waals surface area contributed by atoms with Crippen LogP contribution in [-0.2, 0) is 14.9 Å². The molecule has 5 aromatic rings. The maximum Gasteiger partial charge on any atom is 0.308 e. The lowest BCUT2D eigenvalue weighted by Gasteiger charge is -2.32. The first-order chi connectivity index (χ1) is 20.5. The summed E-state index contributed by atoms with van der Waals surface area (Å²) in [7, 11) is 0. The van der Waals surface area contributed by atoms with Gasteiger partial charge in [-0.1, -0.05) is 74.5 Å². The molecule has 212 valence electrons. The lowest BCUT2D eigenvalue weighted by atomic mass is 9.69. The number of carbonyl (C=O) groups excluding carboxylic acids is 1. The van der Waals surface area contributed by atoms with Gasteiger partial charge in [0.25, 0.3) is 0 Å². The highest BCUT2D eigenvalue weighted by Crippen LogP contribution is 2.55. The Bertz CT molecular complexity index is 1720. The van der Waals surface area contributed by atoms with E-state index in [1.807, 2.05) is 60.7 Å². The Kier molecular flexibility index (Phi) is 7.59. The zero-order valence-electron chi connectivity index (χ0n) is 23.6. The second kappa shape index (κ2) is 11.6. The van der Waals surface area contributed by atoms with Crippen LogP contribution in [0, 0.1) is 5.92 Å². The van der Waals surface area contributed by atoms with Gasteiger partial charge in [-0.25, -0.2) is 9.97 Å². The summed E-state index contributed by atoms with van der Waals surface area (Å²) in [5.41, 5.74) is 6.81. The lowest BCUT2D eigenvalue weighted by molar-refractivity contribution is -0.148. The van der Waals surface area contributed by atoms with Crippen molar-refractivity contribution in [2.75, 3.05) is 26.4 Å². The summed E-state index contributed by atoms with van der Waals surface area (Å²) in [6, 6.07) is 32.2. The second-order valence-electron chi connectivity index (χ2n) is 10.5.